The Kier molecular flexibility index (Phi) is 7.54. The van der Waals surface area contributed by atoms with Crippen LogP contribution in [0.15, 0.2) is 41.8 Å². The molecule has 0 fully saturated rings. The highest BCUT2D eigenvalue weighted by Gasteiger charge is 2.20. The molecule has 1 amide bonds. The maximum atomic E-state index is 14.5. The lowest BCUT2D eigenvalue weighted by atomic mass is 10.1. The van der Waals surface area contributed by atoms with E-state index >= 15 is 0 Å². The maximum Gasteiger partial charge on any atom is 0.254 e. The largest absolute Gasteiger partial charge is 0.376 e. The third-order valence-electron chi connectivity index (χ3n) is 4.08. The Labute approximate surface area is 177 Å². The van der Waals surface area contributed by atoms with Gasteiger partial charge in [-0.3, -0.25) is 4.79 Å². The van der Waals surface area contributed by atoms with Gasteiger partial charge in [0, 0.05) is 34.4 Å². The molecule has 2 rings (SSSR count). The Balaban J connectivity index is 2.21. The standard InChI is InChI=1S/C20H20ClF3N2O3S/c1-11(7-8-30(3,28)29)25-20(27)13-9-17(24)18(10-16(13)23)26-12(2)19-14(21)5-4-6-15(19)22/h4-12,26H,1-3H3,(H,25,27)/b8-7+/t11-,12+/m1/s1. The first-order valence-corrected chi connectivity index (χ1v) is 11.1. The number of carbonyl (C=O) groups excluding carboxylic acids is 1. The van der Waals surface area contributed by atoms with Crippen LogP contribution in [0, 0.1) is 17.5 Å². The zero-order valence-corrected chi connectivity index (χ0v) is 17.9. The molecule has 0 spiro atoms. The lowest BCUT2D eigenvalue weighted by Crippen LogP contribution is -2.32. The third kappa shape index (κ3) is 6.24. The van der Waals surface area contributed by atoms with E-state index in [1.54, 1.807) is 0 Å². The molecule has 30 heavy (non-hydrogen) atoms. The molecule has 0 heterocycles. The normalized spacial score (nSPS) is 13.8. The molecular formula is C20H20ClF3N2O3S. The van der Waals surface area contributed by atoms with Crippen LogP contribution in [0.4, 0.5) is 18.9 Å². The van der Waals surface area contributed by atoms with Crippen molar-refractivity contribution in [3.8, 4) is 0 Å². The van der Waals surface area contributed by atoms with Gasteiger partial charge in [-0.05, 0) is 32.0 Å². The molecule has 0 aliphatic heterocycles. The molecule has 0 saturated heterocycles. The van der Waals surface area contributed by atoms with E-state index in [-0.39, 0.29) is 16.3 Å². The van der Waals surface area contributed by atoms with Crippen LogP contribution in [-0.4, -0.2) is 26.6 Å². The molecule has 2 aromatic rings. The van der Waals surface area contributed by atoms with E-state index < -0.39 is 50.8 Å². The number of rotatable bonds is 7. The Morgan fingerprint density at radius 3 is 2.37 bits per heavy atom. The van der Waals surface area contributed by atoms with Gasteiger partial charge in [-0.25, -0.2) is 21.6 Å². The summed E-state index contributed by atoms with van der Waals surface area (Å²) < 4.78 is 65.2. The van der Waals surface area contributed by atoms with E-state index in [1.807, 2.05) is 0 Å². The highest BCUT2D eigenvalue weighted by Crippen LogP contribution is 2.30. The van der Waals surface area contributed by atoms with Crippen molar-refractivity contribution >= 4 is 33.0 Å². The number of sulfone groups is 1. The molecular weight excluding hydrogens is 441 g/mol. The Morgan fingerprint density at radius 1 is 1.10 bits per heavy atom. The average Bonchev–Trinajstić information content (AvgIpc) is 2.62. The molecule has 5 nitrogen and oxygen atoms in total. The number of hydrogen-bond acceptors (Lipinski definition) is 4. The lowest BCUT2D eigenvalue weighted by molar-refractivity contribution is 0.0942. The molecule has 2 aromatic carbocycles. The first kappa shape index (κ1) is 23.8. The highest BCUT2D eigenvalue weighted by atomic mass is 35.5. The van der Waals surface area contributed by atoms with Crippen molar-refractivity contribution in [2.45, 2.75) is 25.9 Å². The summed E-state index contributed by atoms with van der Waals surface area (Å²) in [4.78, 5) is 12.2. The van der Waals surface area contributed by atoms with Crippen LogP contribution in [0.3, 0.4) is 0 Å². The Hall–Kier alpha value is -2.52. The minimum Gasteiger partial charge on any atom is -0.376 e. The molecule has 0 aromatic heterocycles. The summed E-state index contributed by atoms with van der Waals surface area (Å²) in [6.45, 7) is 3.00. The van der Waals surface area contributed by atoms with E-state index in [2.05, 4.69) is 10.6 Å². The van der Waals surface area contributed by atoms with Crippen molar-refractivity contribution in [3.05, 3.63) is 75.4 Å². The third-order valence-corrected chi connectivity index (χ3v) is 5.06. The molecule has 2 atom stereocenters. The highest BCUT2D eigenvalue weighted by molar-refractivity contribution is 7.93. The van der Waals surface area contributed by atoms with Crippen LogP contribution in [0.2, 0.25) is 5.02 Å². The van der Waals surface area contributed by atoms with Crippen molar-refractivity contribution in [1.29, 1.82) is 0 Å². The quantitative estimate of drug-likeness (QED) is 0.633. The van der Waals surface area contributed by atoms with Gasteiger partial charge in [0.1, 0.15) is 17.5 Å². The fraction of sp³-hybridized carbons (Fsp3) is 0.250. The van der Waals surface area contributed by atoms with Gasteiger partial charge < -0.3 is 10.6 Å². The smallest absolute Gasteiger partial charge is 0.254 e. The molecule has 162 valence electrons. The molecule has 10 heteroatoms. The summed E-state index contributed by atoms with van der Waals surface area (Å²) in [6.07, 6.45) is 2.19. The molecule has 0 radical (unpaired) electrons. The minimum absolute atomic E-state index is 0.0901. The molecule has 0 bridgehead atoms. The first-order chi connectivity index (χ1) is 13.9. The monoisotopic (exact) mass is 460 g/mol. The van der Waals surface area contributed by atoms with Crippen molar-refractivity contribution in [1.82, 2.24) is 5.32 Å². The number of amides is 1. The second kappa shape index (κ2) is 9.53. The fourth-order valence-electron chi connectivity index (χ4n) is 2.65. The van der Waals surface area contributed by atoms with Gasteiger partial charge in [0.2, 0.25) is 0 Å². The minimum atomic E-state index is -3.39. The molecule has 0 saturated carbocycles. The average molecular weight is 461 g/mol. The number of nitrogens with one attached hydrogen (secondary N) is 2. The lowest BCUT2D eigenvalue weighted by Gasteiger charge is -2.19. The van der Waals surface area contributed by atoms with Crippen LogP contribution in [0.25, 0.3) is 0 Å². The van der Waals surface area contributed by atoms with E-state index in [1.165, 1.54) is 38.1 Å². The summed E-state index contributed by atoms with van der Waals surface area (Å²) in [5, 5.41) is 6.03. The van der Waals surface area contributed by atoms with Gasteiger partial charge >= 0.3 is 0 Å². The van der Waals surface area contributed by atoms with Gasteiger partial charge in [0.25, 0.3) is 5.91 Å². The predicted octanol–water partition coefficient (Wildman–Crippen LogP) is 4.61. The molecule has 0 unspecified atom stereocenters. The zero-order chi connectivity index (χ0) is 22.6. The number of anilines is 1. The number of hydrogen-bond donors (Lipinski definition) is 2. The fourth-order valence-corrected chi connectivity index (χ4v) is 3.50. The van der Waals surface area contributed by atoms with E-state index in [9.17, 15) is 26.4 Å². The van der Waals surface area contributed by atoms with Crippen molar-refractivity contribution < 1.29 is 26.4 Å². The molecule has 0 aliphatic rings. The van der Waals surface area contributed by atoms with Gasteiger partial charge in [0.05, 0.1) is 17.3 Å². The van der Waals surface area contributed by atoms with E-state index in [4.69, 9.17) is 11.6 Å². The zero-order valence-electron chi connectivity index (χ0n) is 16.3. The Morgan fingerprint density at radius 2 is 1.77 bits per heavy atom. The van der Waals surface area contributed by atoms with Crippen LogP contribution in [0.5, 0.6) is 0 Å². The summed E-state index contributed by atoms with van der Waals surface area (Å²) in [6, 6.07) is 4.06. The van der Waals surface area contributed by atoms with Gasteiger partial charge in [0.15, 0.2) is 9.84 Å². The molecule has 0 aliphatic carbocycles. The van der Waals surface area contributed by atoms with Crippen molar-refractivity contribution in [3.63, 3.8) is 0 Å². The predicted molar refractivity (Wildman–Crippen MR) is 111 cm³/mol. The van der Waals surface area contributed by atoms with Gasteiger partial charge in [-0.2, -0.15) is 0 Å². The summed E-state index contributed by atoms with van der Waals surface area (Å²) in [7, 11) is -3.39. The number of benzene rings is 2. The van der Waals surface area contributed by atoms with Crippen molar-refractivity contribution in [2.24, 2.45) is 0 Å². The summed E-state index contributed by atoms with van der Waals surface area (Å²) >= 11 is 5.99. The van der Waals surface area contributed by atoms with Crippen LogP contribution in [0.1, 0.15) is 35.8 Å². The summed E-state index contributed by atoms with van der Waals surface area (Å²) in [5.74, 6) is -3.47. The van der Waals surface area contributed by atoms with Crippen LogP contribution >= 0.6 is 11.6 Å². The van der Waals surface area contributed by atoms with Crippen LogP contribution in [-0.2, 0) is 9.84 Å². The van der Waals surface area contributed by atoms with E-state index in [0.29, 0.717) is 6.07 Å². The number of halogens is 4. The summed E-state index contributed by atoms with van der Waals surface area (Å²) in [5.41, 5.74) is -0.748. The molecule has 2 N–H and O–H groups in total. The van der Waals surface area contributed by atoms with Crippen LogP contribution < -0.4 is 10.6 Å². The number of carbonyl (C=O) groups is 1. The van der Waals surface area contributed by atoms with Gasteiger partial charge in [-0.1, -0.05) is 23.7 Å². The van der Waals surface area contributed by atoms with E-state index in [0.717, 1.165) is 17.7 Å². The van der Waals surface area contributed by atoms with Gasteiger partial charge in [-0.15, -0.1) is 0 Å². The maximum absolute atomic E-state index is 14.5. The Bertz CT molecular complexity index is 1070. The second-order valence-electron chi connectivity index (χ2n) is 6.73. The second-order valence-corrected chi connectivity index (χ2v) is 9.07. The SMILES string of the molecule is C[C@H](/C=C/S(C)(=O)=O)NC(=O)c1cc(F)c(N[C@@H](C)c2c(F)cccc2Cl)cc1F. The topological polar surface area (TPSA) is 75.3 Å². The first-order valence-electron chi connectivity index (χ1n) is 8.77. The van der Waals surface area contributed by atoms with Crippen molar-refractivity contribution in [2.75, 3.05) is 11.6 Å².